The fraction of sp³-hybridized carbons (Fsp3) is 0.882. The van der Waals surface area contributed by atoms with Gasteiger partial charge in [-0.25, -0.2) is 0 Å². The molecule has 0 spiro atoms. The van der Waals surface area contributed by atoms with Gasteiger partial charge in [0.15, 0.2) is 0 Å². The SMILES string of the molecule is O=C(CCC1CCNC1)N1CCN(CC(=O)N2CCOCC2)CC1. The molecule has 0 aliphatic carbocycles. The van der Waals surface area contributed by atoms with Gasteiger partial charge in [-0.3, -0.25) is 14.5 Å². The fourth-order valence-corrected chi connectivity index (χ4v) is 3.71. The number of hydrogen-bond acceptors (Lipinski definition) is 5. The van der Waals surface area contributed by atoms with Crippen LogP contribution in [-0.4, -0.2) is 98.6 Å². The topological polar surface area (TPSA) is 65.1 Å². The van der Waals surface area contributed by atoms with Crippen molar-refractivity contribution in [2.24, 2.45) is 5.92 Å². The van der Waals surface area contributed by atoms with Gasteiger partial charge in [0.25, 0.3) is 0 Å². The van der Waals surface area contributed by atoms with E-state index in [4.69, 9.17) is 4.74 Å². The zero-order valence-corrected chi connectivity index (χ0v) is 14.5. The molecule has 0 radical (unpaired) electrons. The van der Waals surface area contributed by atoms with Gasteiger partial charge in [-0.05, 0) is 31.8 Å². The summed E-state index contributed by atoms with van der Waals surface area (Å²) >= 11 is 0. The van der Waals surface area contributed by atoms with Gasteiger partial charge in [-0.15, -0.1) is 0 Å². The summed E-state index contributed by atoms with van der Waals surface area (Å²) in [5.74, 6) is 1.13. The monoisotopic (exact) mass is 338 g/mol. The normalized spacial score (nSPS) is 25.9. The van der Waals surface area contributed by atoms with E-state index in [-0.39, 0.29) is 11.8 Å². The molecule has 7 nitrogen and oxygen atoms in total. The summed E-state index contributed by atoms with van der Waals surface area (Å²) in [5.41, 5.74) is 0. The lowest BCUT2D eigenvalue weighted by Gasteiger charge is -2.36. The Labute approximate surface area is 144 Å². The highest BCUT2D eigenvalue weighted by atomic mass is 16.5. The highest BCUT2D eigenvalue weighted by Gasteiger charge is 2.25. The minimum atomic E-state index is 0.187. The van der Waals surface area contributed by atoms with Crippen LogP contribution in [0.4, 0.5) is 0 Å². The van der Waals surface area contributed by atoms with Crippen LogP contribution >= 0.6 is 0 Å². The summed E-state index contributed by atoms with van der Waals surface area (Å²) in [5, 5.41) is 3.35. The predicted molar refractivity (Wildman–Crippen MR) is 90.6 cm³/mol. The van der Waals surface area contributed by atoms with Crippen LogP contribution in [0.5, 0.6) is 0 Å². The van der Waals surface area contributed by atoms with Crippen LogP contribution in [0.25, 0.3) is 0 Å². The molecular weight excluding hydrogens is 308 g/mol. The molecule has 3 aliphatic rings. The number of morpholine rings is 1. The summed E-state index contributed by atoms with van der Waals surface area (Å²) in [4.78, 5) is 30.6. The van der Waals surface area contributed by atoms with Crippen LogP contribution in [-0.2, 0) is 14.3 Å². The van der Waals surface area contributed by atoms with Crippen LogP contribution in [0.3, 0.4) is 0 Å². The Morgan fingerprint density at radius 1 is 0.958 bits per heavy atom. The molecule has 1 N–H and O–H groups in total. The van der Waals surface area contributed by atoms with Gasteiger partial charge in [-0.2, -0.15) is 0 Å². The number of nitrogens with zero attached hydrogens (tertiary/aromatic N) is 3. The summed E-state index contributed by atoms with van der Waals surface area (Å²) < 4.78 is 5.28. The Morgan fingerprint density at radius 3 is 2.33 bits per heavy atom. The molecule has 136 valence electrons. The number of carbonyl (C=O) groups excluding carboxylic acids is 2. The third-order valence-electron chi connectivity index (χ3n) is 5.38. The van der Waals surface area contributed by atoms with Crippen LogP contribution in [0.15, 0.2) is 0 Å². The molecule has 0 aromatic heterocycles. The van der Waals surface area contributed by atoms with E-state index in [1.54, 1.807) is 0 Å². The summed E-state index contributed by atoms with van der Waals surface area (Å²) in [6.45, 7) is 8.40. The Morgan fingerprint density at radius 2 is 1.67 bits per heavy atom. The van der Waals surface area contributed by atoms with E-state index in [1.165, 1.54) is 6.42 Å². The van der Waals surface area contributed by atoms with Crippen molar-refractivity contribution in [2.45, 2.75) is 19.3 Å². The van der Waals surface area contributed by atoms with Gasteiger partial charge in [0, 0.05) is 45.7 Å². The van der Waals surface area contributed by atoms with Crippen LogP contribution in [0.2, 0.25) is 0 Å². The number of amides is 2. The van der Waals surface area contributed by atoms with E-state index in [0.717, 1.165) is 45.7 Å². The van der Waals surface area contributed by atoms with Crippen molar-refractivity contribution in [3.63, 3.8) is 0 Å². The van der Waals surface area contributed by atoms with E-state index in [1.807, 2.05) is 9.80 Å². The fourth-order valence-electron chi connectivity index (χ4n) is 3.71. The van der Waals surface area contributed by atoms with Crippen molar-refractivity contribution >= 4 is 11.8 Å². The maximum atomic E-state index is 12.3. The minimum Gasteiger partial charge on any atom is -0.378 e. The number of nitrogens with one attached hydrogen (secondary N) is 1. The molecule has 3 aliphatic heterocycles. The standard InChI is InChI=1S/C17H30N4O3/c22-16(2-1-15-3-4-18-13-15)20-7-5-19(6-8-20)14-17(23)21-9-11-24-12-10-21/h15,18H,1-14H2. The molecule has 1 atom stereocenters. The lowest BCUT2D eigenvalue weighted by Crippen LogP contribution is -2.52. The molecule has 3 fully saturated rings. The first-order valence-corrected chi connectivity index (χ1v) is 9.29. The number of carbonyl (C=O) groups is 2. The van der Waals surface area contributed by atoms with Gasteiger partial charge in [0.2, 0.25) is 11.8 Å². The van der Waals surface area contributed by atoms with Crippen molar-refractivity contribution in [3.05, 3.63) is 0 Å². The number of hydrogen-bond donors (Lipinski definition) is 1. The summed E-state index contributed by atoms with van der Waals surface area (Å²) in [7, 11) is 0. The van der Waals surface area contributed by atoms with Gasteiger partial charge >= 0.3 is 0 Å². The highest BCUT2D eigenvalue weighted by molar-refractivity contribution is 5.78. The van der Waals surface area contributed by atoms with Crippen molar-refractivity contribution in [1.82, 2.24) is 20.0 Å². The molecule has 3 heterocycles. The molecule has 1 unspecified atom stereocenters. The molecule has 2 amide bonds. The molecule has 7 heteroatoms. The predicted octanol–water partition coefficient (Wildman–Crippen LogP) is -0.621. The van der Waals surface area contributed by atoms with Gasteiger partial charge in [0.05, 0.1) is 19.8 Å². The number of rotatable bonds is 5. The first-order chi connectivity index (χ1) is 11.7. The van der Waals surface area contributed by atoms with Crippen LogP contribution in [0, 0.1) is 5.92 Å². The third kappa shape index (κ3) is 4.91. The zero-order chi connectivity index (χ0) is 16.8. The third-order valence-corrected chi connectivity index (χ3v) is 5.38. The smallest absolute Gasteiger partial charge is 0.236 e. The molecule has 3 saturated heterocycles. The molecular formula is C17H30N4O3. The number of piperazine rings is 1. The molecule has 3 rings (SSSR count). The van der Waals surface area contributed by atoms with Crippen molar-refractivity contribution in [1.29, 1.82) is 0 Å². The highest BCUT2D eigenvalue weighted by Crippen LogP contribution is 2.16. The largest absolute Gasteiger partial charge is 0.378 e. The zero-order valence-electron chi connectivity index (χ0n) is 14.5. The lowest BCUT2D eigenvalue weighted by molar-refractivity contribution is -0.138. The summed E-state index contributed by atoms with van der Waals surface area (Å²) in [6.07, 6.45) is 2.87. The van der Waals surface area contributed by atoms with E-state index in [0.29, 0.717) is 45.2 Å². The molecule has 0 bridgehead atoms. The average Bonchev–Trinajstić information content (AvgIpc) is 3.14. The molecule has 24 heavy (non-hydrogen) atoms. The molecule has 0 saturated carbocycles. The van der Waals surface area contributed by atoms with E-state index < -0.39 is 0 Å². The minimum absolute atomic E-state index is 0.187. The Hall–Kier alpha value is -1.18. The first kappa shape index (κ1) is 17.6. The quantitative estimate of drug-likeness (QED) is 0.724. The second kappa shape index (κ2) is 8.78. The average molecular weight is 338 g/mol. The summed E-state index contributed by atoms with van der Waals surface area (Å²) in [6, 6.07) is 0. The number of ether oxygens (including phenoxy) is 1. The van der Waals surface area contributed by atoms with Gasteiger partial charge < -0.3 is 19.9 Å². The van der Waals surface area contributed by atoms with Crippen molar-refractivity contribution in [2.75, 3.05) is 72.1 Å². The molecule has 0 aromatic carbocycles. The van der Waals surface area contributed by atoms with Gasteiger partial charge in [0.1, 0.15) is 0 Å². The van der Waals surface area contributed by atoms with E-state index in [2.05, 4.69) is 10.2 Å². The van der Waals surface area contributed by atoms with Crippen LogP contribution < -0.4 is 5.32 Å². The van der Waals surface area contributed by atoms with E-state index >= 15 is 0 Å². The van der Waals surface area contributed by atoms with Crippen LogP contribution in [0.1, 0.15) is 19.3 Å². The van der Waals surface area contributed by atoms with E-state index in [9.17, 15) is 9.59 Å². The Kier molecular flexibility index (Phi) is 6.45. The Balaban J connectivity index is 1.34. The maximum Gasteiger partial charge on any atom is 0.236 e. The first-order valence-electron chi connectivity index (χ1n) is 9.29. The molecule has 0 aromatic rings. The maximum absolute atomic E-state index is 12.3. The second-order valence-corrected chi connectivity index (χ2v) is 7.05. The van der Waals surface area contributed by atoms with Crippen molar-refractivity contribution in [3.8, 4) is 0 Å². The van der Waals surface area contributed by atoms with Gasteiger partial charge in [-0.1, -0.05) is 0 Å². The Bertz CT molecular complexity index is 426. The van der Waals surface area contributed by atoms with Crippen molar-refractivity contribution < 1.29 is 14.3 Å². The lowest BCUT2D eigenvalue weighted by atomic mass is 10.0. The second-order valence-electron chi connectivity index (χ2n) is 7.05.